The van der Waals surface area contributed by atoms with E-state index in [9.17, 15) is 4.79 Å². The Balaban J connectivity index is 1.51. The number of imidazole rings is 1. The van der Waals surface area contributed by atoms with E-state index in [-0.39, 0.29) is 17.6 Å². The maximum Gasteiger partial charge on any atom is 0.259 e. The molecule has 1 fully saturated rings. The van der Waals surface area contributed by atoms with Gasteiger partial charge in [0.15, 0.2) is 11.5 Å². The van der Waals surface area contributed by atoms with Crippen LogP contribution in [0.3, 0.4) is 0 Å². The number of anilines is 1. The van der Waals surface area contributed by atoms with E-state index in [0.717, 1.165) is 46.0 Å². The number of nitrogens with one attached hydrogen (secondary N) is 2. The Labute approximate surface area is 183 Å². The molecule has 1 atom stereocenters. The van der Waals surface area contributed by atoms with Crippen molar-refractivity contribution >= 4 is 27.8 Å². The molecule has 6 rings (SSSR count). The lowest BCUT2D eigenvalue weighted by Gasteiger charge is -2.21. The van der Waals surface area contributed by atoms with Crippen LogP contribution in [0.4, 0.5) is 5.82 Å². The average molecular weight is 426 g/mol. The Bertz CT molecular complexity index is 1520. The van der Waals surface area contributed by atoms with Crippen molar-refractivity contribution in [2.75, 3.05) is 5.32 Å². The van der Waals surface area contributed by atoms with Crippen LogP contribution in [-0.2, 0) is 7.05 Å². The predicted octanol–water partition coefficient (Wildman–Crippen LogP) is 3.58. The highest BCUT2D eigenvalue weighted by atomic mass is 16.1. The van der Waals surface area contributed by atoms with E-state index in [2.05, 4.69) is 43.3 Å². The van der Waals surface area contributed by atoms with Gasteiger partial charge >= 0.3 is 0 Å². The van der Waals surface area contributed by atoms with Gasteiger partial charge in [0.1, 0.15) is 11.8 Å². The van der Waals surface area contributed by atoms with Gasteiger partial charge in [-0.3, -0.25) is 9.48 Å². The molecule has 4 heterocycles. The first-order valence-electron chi connectivity index (χ1n) is 10.7. The Morgan fingerprint density at radius 3 is 2.88 bits per heavy atom. The zero-order valence-electron chi connectivity index (χ0n) is 17.8. The summed E-state index contributed by atoms with van der Waals surface area (Å²) in [6.07, 6.45) is 8.87. The molecule has 1 unspecified atom stereocenters. The lowest BCUT2D eigenvalue weighted by Crippen LogP contribution is -2.26. The van der Waals surface area contributed by atoms with Crippen LogP contribution in [-0.4, -0.2) is 34.3 Å². The fraction of sp³-hybridized carbons (Fsp3) is 0.261. The summed E-state index contributed by atoms with van der Waals surface area (Å²) >= 11 is 0. The Hall–Kier alpha value is -4.01. The Kier molecular flexibility index (Phi) is 4.11. The summed E-state index contributed by atoms with van der Waals surface area (Å²) in [5.41, 5.74) is 4.20. The maximum atomic E-state index is 13.8. The molecule has 0 saturated heterocycles. The van der Waals surface area contributed by atoms with Crippen LogP contribution >= 0.6 is 0 Å². The van der Waals surface area contributed by atoms with Gasteiger partial charge in [0.25, 0.3) is 5.56 Å². The van der Waals surface area contributed by atoms with Crippen molar-refractivity contribution in [3.63, 3.8) is 0 Å². The smallest absolute Gasteiger partial charge is 0.259 e. The highest BCUT2D eigenvalue weighted by molar-refractivity contribution is 5.96. The first-order valence-corrected chi connectivity index (χ1v) is 10.7. The molecule has 1 aliphatic rings. The third kappa shape index (κ3) is 2.96. The molecule has 32 heavy (non-hydrogen) atoms. The molecule has 0 bridgehead atoms. The summed E-state index contributed by atoms with van der Waals surface area (Å²) in [6, 6.07) is 8.20. The normalized spacial score (nSPS) is 14.8. The first kappa shape index (κ1) is 18.7. The third-order valence-electron chi connectivity index (χ3n) is 6.06. The summed E-state index contributed by atoms with van der Waals surface area (Å²) in [5.74, 6) is 0.666. The predicted molar refractivity (Wildman–Crippen MR) is 122 cm³/mol. The number of pyridine rings is 1. The van der Waals surface area contributed by atoms with Crippen molar-refractivity contribution < 1.29 is 0 Å². The number of aryl methyl sites for hydroxylation is 1. The monoisotopic (exact) mass is 426 g/mol. The summed E-state index contributed by atoms with van der Waals surface area (Å²) in [6.45, 7) is 2.05. The summed E-state index contributed by atoms with van der Waals surface area (Å²) < 4.78 is 3.72. The van der Waals surface area contributed by atoms with E-state index in [4.69, 9.17) is 0 Å². The third-order valence-corrected chi connectivity index (χ3v) is 6.06. The summed E-state index contributed by atoms with van der Waals surface area (Å²) in [5, 5.41) is 9.41. The van der Waals surface area contributed by atoms with E-state index in [1.165, 1.54) is 6.33 Å². The second kappa shape index (κ2) is 7.01. The molecule has 1 saturated carbocycles. The molecule has 0 radical (unpaired) electrons. The number of nitrogens with zero attached hydrogens (tertiary/aromatic N) is 6. The number of aromatic amines is 1. The number of rotatable bonds is 5. The van der Waals surface area contributed by atoms with Gasteiger partial charge in [-0.15, -0.1) is 0 Å². The van der Waals surface area contributed by atoms with E-state index >= 15 is 0 Å². The van der Waals surface area contributed by atoms with Crippen molar-refractivity contribution in [1.82, 2.24) is 34.3 Å². The molecule has 0 spiro atoms. The standard InChI is InChI=1S/C23H22N8O/c1-13(29-22-20-21(25-11-24-20)26-12-27-22)18-8-14-4-3-5-17(15-9-28-30(2)10-15)19(14)23(32)31(18)16-6-7-16/h3-5,8-13,16H,6-7H2,1-2H3,(H2,24,25,26,27,29). The van der Waals surface area contributed by atoms with Crippen molar-refractivity contribution in [2.24, 2.45) is 7.05 Å². The van der Waals surface area contributed by atoms with Crippen LogP contribution in [0.25, 0.3) is 33.1 Å². The Morgan fingerprint density at radius 2 is 2.09 bits per heavy atom. The number of hydrogen-bond acceptors (Lipinski definition) is 6. The van der Waals surface area contributed by atoms with Gasteiger partial charge < -0.3 is 14.9 Å². The topological polar surface area (TPSA) is 106 Å². The van der Waals surface area contributed by atoms with Crippen molar-refractivity contribution in [3.8, 4) is 11.1 Å². The number of benzene rings is 1. The van der Waals surface area contributed by atoms with E-state index in [0.29, 0.717) is 11.5 Å². The average Bonchev–Trinajstić information content (AvgIpc) is 3.33. The summed E-state index contributed by atoms with van der Waals surface area (Å²) in [4.78, 5) is 29.7. The molecule has 9 heteroatoms. The van der Waals surface area contributed by atoms with Crippen LogP contribution < -0.4 is 10.9 Å². The second-order valence-corrected chi connectivity index (χ2v) is 8.34. The zero-order chi connectivity index (χ0) is 21.8. The minimum atomic E-state index is -0.142. The van der Waals surface area contributed by atoms with E-state index in [1.807, 2.05) is 36.0 Å². The number of hydrogen-bond donors (Lipinski definition) is 2. The molecule has 5 aromatic rings. The lowest BCUT2D eigenvalue weighted by atomic mass is 10.00. The van der Waals surface area contributed by atoms with Crippen LogP contribution in [0, 0.1) is 0 Å². The maximum absolute atomic E-state index is 13.8. The Morgan fingerprint density at radius 1 is 1.22 bits per heavy atom. The van der Waals surface area contributed by atoms with Gasteiger partial charge in [0.2, 0.25) is 0 Å². The van der Waals surface area contributed by atoms with Gasteiger partial charge in [-0.05, 0) is 36.8 Å². The molecule has 9 nitrogen and oxygen atoms in total. The summed E-state index contributed by atoms with van der Waals surface area (Å²) in [7, 11) is 1.88. The molecular formula is C23H22N8O. The minimum absolute atomic E-state index is 0.0440. The minimum Gasteiger partial charge on any atom is -0.360 e. The van der Waals surface area contributed by atoms with Gasteiger partial charge in [-0.1, -0.05) is 18.2 Å². The molecular weight excluding hydrogens is 404 g/mol. The zero-order valence-corrected chi connectivity index (χ0v) is 17.8. The van der Waals surface area contributed by atoms with Crippen molar-refractivity contribution in [2.45, 2.75) is 31.8 Å². The molecule has 160 valence electrons. The van der Waals surface area contributed by atoms with Crippen molar-refractivity contribution in [3.05, 3.63) is 65.4 Å². The quantitative estimate of drug-likeness (QED) is 0.445. The van der Waals surface area contributed by atoms with Crippen molar-refractivity contribution in [1.29, 1.82) is 0 Å². The van der Waals surface area contributed by atoms with Crippen LogP contribution in [0.2, 0.25) is 0 Å². The fourth-order valence-corrected chi connectivity index (χ4v) is 4.39. The van der Waals surface area contributed by atoms with E-state index in [1.54, 1.807) is 17.2 Å². The lowest BCUT2D eigenvalue weighted by molar-refractivity contribution is 0.636. The first-order chi connectivity index (χ1) is 15.6. The molecule has 1 aliphatic carbocycles. The van der Waals surface area contributed by atoms with Gasteiger partial charge in [0.05, 0.1) is 24.0 Å². The molecule has 4 aromatic heterocycles. The molecule has 0 amide bonds. The fourth-order valence-electron chi connectivity index (χ4n) is 4.39. The SMILES string of the molecule is CC(Nc1ncnc2nc[nH]c12)c1cc2cccc(-c3cnn(C)c3)c2c(=O)n1C1CC1. The highest BCUT2D eigenvalue weighted by Gasteiger charge is 2.30. The van der Waals surface area contributed by atoms with Crippen LogP contribution in [0.1, 0.15) is 37.5 Å². The molecule has 1 aromatic carbocycles. The molecule has 0 aliphatic heterocycles. The van der Waals surface area contributed by atoms with Crippen LogP contribution in [0.5, 0.6) is 0 Å². The van der Waals surface area contributed by atoms with Gasteiger partial charge in [0, 0.05) is 30.5 Å². The number of H-pyrrole nitrogens is 1. The largest absolute Gasteiger partial charge is 0.360 e. The molecule has 2 N–H and O–H groups in total. The second-order valence-electron chi connectivity index (χ2n) is 8.34. The van der Waals surface area contributed by atoms with Gasteiger partial charge in [-0.25, -0.2) is 15.0 Å². The highest BCUT2D eigenvalue weighted by Crippen LogP contribution is 2.38. The van der Waals surface area contributed by atoms with E-state index < -0.39 is 0 Å². The van der Waals surface area contributed by atoms with Crippen LogP contribution in [0.15, 0.2) is 54.1 Å². The van der Waals surface area contributed by atoms with Gasteiger partial charge in [-0.2, -0.15) is 5.10 Å². The number of aromatic nitrogens is 7. The number of fused-ring (bicyclic) bond motifs is 2.